The van der Waals surface area contributed by atoms with Crippen LogP contribution in [0.1, 0.15) is 39.2 Å². The minimum Gasteiger partial charge on any atom is -0.497 e. The monoisotopic (exact) mass is 405 g/mol. The molecule has 0 saturated carbocycles. The van der Waals surface area contributed by atoms with Crippen LogP contribution >= 0.6 is 0 Å². The molecule has 1 amide bonds. The number of carbonyl (C=O) groups excluding carboxylic acids is 3. The van der Waals surface area contributed by atoms with Gasteiger partial charge in [-0.3, -0.25) is 19.2 Å². The highest BCUT2D eigenvalue weighted by Crippen LogP contribution is 2.40. The third-order valence-electron chi connectivity index (χ3n) is 4.63. The normalized spacial score (nSPS) is 15.9. The van der Waals surface area contributed by atoms with Crippen LogP contribution in [-0.2, 0) is 28.7 Å². The standard InChI is InChI=1S/C21H27NO7/c1-13(23)22-18(11-16(19(24)27-5)20(25)28-6)17(12-21(2,3)29-22)14-7-9-15(26-4)10-8-14/h7-10,16H,11-12H2,1-6H3. The van der Waals surface area contributed by atoms with Crippen LogP contribution < -0.4 is 4.74 Å². The summed E-state index contributed by atoms with van der Waals surface area (Å²) in [4.78, 5) is 42.6. The summed E-state index contributed by atoms with van der Waals surface area (Å²) < 4.78 is 14.7. The molecule has 29 heavy (non-hydrogen) atoms. The minimum absolute atomic E-state index is 0.101. The van der Waals surface area contributed by atoms with Gasteiger partial charge in [0.05, 0.1) is 32.6 Å². The van der Waals surface area contributed by atoms with Crippen LogP contribution in [0.25, 0.3) is 5.57 Å². The third-order valence-corrected chi connectivity index (χ3v) is 4.63. The predicted octanol–water partition coefficient (Wildman–Crippen LogP) is 2.72. The molecule has 0 unspecified atom stereocenters. The lowest BCUT2D eigenvalue weighted by Gasteiger charge is -2.40. The van der Waals surface area contributed by atoms with E-state index in [-0.39, 0.29) is 12.3 Å². The molecule has 0 fully saturated rings. The van der Waals surface area contributed by atoms with E-state index in [0.717, 1.165) is 16.2 Å². The molecule has 1 aliphatic rings. The van der Waals surface area contributed by atoms with Gasteiger partial charge in [0.25, 0.3) is 0 Å². The molecule has 0 saturated heterocycles. The quantitative estimate of drug-likeness (QED) is 0.531. The van der Waals surface area contributed by atoms with E-state index in [1.807, 2.05) is 26.0 Å². The molecule has 0 spiro atoms. The average molecular weight is 405 g/mol. The van der Waals surface area contributed by atoms with E-state index in [1.54, 1.807) is 19.2 Å². The van der Waals surface area contributed by atoms with Gasteiger partial charge in [-0.25, -0.2) is 0 Å². The van der Waals surface area contributed by atoms with Crippen molar-refractivity contribution in [2.45, 2.75) is 39.2 Å². The van der Waals surface area contributed by atoms with Gasteiger partial charge in [-0.2, -0.15) is 5.06 Å². The number of nitrogens with zero attached hydrogens (tertiary/aromatic N) is 1. The first-order valence-electron chi connectivity index (χ1n) is 9.15. The molecule has 0 radical (unpaired) electrons. The number of benzene rings is 1. The van der Waals surface area contributed by atoms with Crippen molar-refractivity contribution in [3.05, 3.63) is 35.5 Å². The lowest BCUT2D eigenvalue weighted by atomic mass is 9.87. The maximum Gasteiger partial charge on any atom is 0.320 e. The Morgan fingerprint density at radius 2 is 1.62 bits per heavy atom. The van der Waals surface area contributed by atoms with Crippen LogP contribution in [0.3, 0.4) is 0 Å². The molecule has 158 valence electrons. The highest BCUT2D eigenvalue weighted by atomic mass is 16.7. The number of carbonyl (C=O) groups is 3. The van der Waals surface area contributed by atoms with E-state index in [0.29, 0.717) is 17.9 Å². The van der Waals surface area contributed by atoms with Crippen LogP contribution in [0, 0.1) is 5.92 Å². The summed E-state index contributed by atoms with van der Waals surface area (Å²) in [5, 5.41) is 1.15. The van der Waals surface area contributed by atoms with E-state index < -0.39 is 23.5 Å². The van der Waals surface area contributed by atoms with Crippen LogP contribution in [0.4, 0.5) is 0 Å². The lowest BCUT2D eigenvalue weighted by Crippen LogP contribution is -2.44. The molecule has 0 N–H and O–H groups in total. The largest absolute Gasteiger partial charge is 0.497 e. The van der Waals surface area contributed by atoms with Gasteiger partial charge in [0.2, 0.25) is 5.91 Å². The molecular formula is C21H27NO7. The second kappa shape index (κ2) is 9.09. The van der Waals surface area contributed by atoms with Crippen molar-refractivity contribution < 1.29 is 33.4 Å². The molecule has 1 heterocycles. The molecule has 0 bridgehead atoms. The summed E-state index contributed by atoms with van der Waals surface area (Å²) in [7, 11) is 3.96. The Kier molecular flexibility index (Phi) is 7.02. The summed E-state index contributed by atoms with van der Waals surface area (Å²) in [6, 6.07) is 7.33. The molecule has 1 aromatic rings. The molecule has 1 aliphatic heterocycles. The number of rotatable bonds is 6. The number of hydroxylamine groups is 2. The molecule has 0 atom stereocenters. The van der Waals surface area contributed by atoms with Gasteiger partial charge in [0.1, 0.15) is 5.75 Å². The Labute approximate surface area is 170 Å². The van der Waals surface area contributed by atoms with Gasteiger partial charge in [0, 0.05) is 19.8 Å². The van der Waals surface area contributed by atoms with Crippen molar-refractivity contribution in [3.63, 3.8) is 0 Å². The number of amides is 1. The second-order valence-electron chi connectivity index (χ2n) is 7.30. The van der Waals surface area contributed by atoms with Gasteiger partial charge in [-0.1, -0.05) is 12.1 Å². The SMILES string of the molecule is COC(=O)C(CC1=C(c2ccc(OC)cc2)CC(C)(C)ON1C(C)=O)C(=O)OC. The van der Waals surface area contributed by atoms with Crippen molar-refractivity contribution >= 4 is 23.4 Å². The van der Waals surface area contributed by atoms with Crippen LogP contribution in [0.2, 0.25) is 0 Å². The molecule has 2 rings (SSSR count). The first-order chi connectivity index (χ1) is 13.6. The number of hydrogen-bond acceptors (Lipinski definition) is 7. The van der Waals surface area contributed by atoms with Crippen molar-refractivity contribution in [2.24, 2.45) is 5.92 Å². The summed E-state index contributed by atoms with van der Waals surface area (Å²) in [6.45, 7) is 5.08. The van der Waals surface area contributed by atoms with Gasteiger partial charge < -0.3 is 14.2 Å². The van der Waals surface area contributed by atoms with E-state index in [4.69, 9.17) is 19.0 Å². The Bertz CT molecular complexity index is 795. The number of ether oxygens (including phenoxy) is 3. The zero-order chi connectivity index (χ0) is 21.8. The topological polar surface area (TPSA) is 91.4 Å². The highest BCUT2D eigenvalue weighted by molar-refractivity contribution is 5.95. The van der Waals surface area contributed by atoms with Crippen LogP contribution in [0.5, 0.6) is 5.75 Å². The summed E-state index contributed by atoms with van der Waals surface area (Å²) in [5.74, 6) is -2.39. The summed E-state index contributed by atoms with van der Waals surface area (Å²) >= 11 is 0. The Morgan fingerprint density at radius 1 is 1.07 bits per heavy atom. The summed E-state index contributed by atoms with van der Waals surface area (Å²) in [6.07, 6.45) is 0.365. The van der Waals surface area contributed by atoms with Crippen molar-refractivity contribution in [1.29, 1.82) is 0 Å². The van der Waals surface area contributed by atoms with Gasteiger partial charge in [0.15, 0.2) is 5.92 Å². The predicted molar refractivity (Wildman–Crippen MR) is 104 cm³/mol. The minimum atomic E-state index is -1.22. The zero-order valence-corrected chi connectivity index (χ0v) is 17.6. The van der Waals surface area contributed by atoms with Crippen molar-refractivity contribution in [2.75, 3.05) is 21.3 Å². The van der Waals surface area contributed by atoms with Crippen molar-refractivity contribution in [3.8, 4) is 5.75 Å². The number of allylic oxidation sites excluding steroid dienone is 1. The number of hydrogen-bond donors (Lipinski definition) is 0. The first kappa shape index (κ1) is 22.4. The maximum absolute atomic E-state index is 12.3. The van der Waals surface area contributed by atoms with Gasteiger partial charge in [-0.05, 0) is 37.1 Å². The number of methoxy groups -OCH3 is 3. The Morgan fingerprint density at radius 3 is 2.07 bits per heavy atom. The van der Waals surface area contributed by atoms with Crippen molar-refractivity contribution in [1.82, 2.24) is 5.06 Å². The number of esters is 2. The van der Waals surface area contributed by atoms with E-state index in [2.05, 4.69) is 0 Å². The molecule has 0 aliphatic carbocycles. The molecule has 0 aromatic heterocycles. The zero-order valence-electron chi connectivity index (χ0n) is 17.6. The fourth-order valence-electron chi connectivity index (χ4n) is 3.25. The van der Waals surface area contributed by atoms with Gasteiger partial charge in [-0.15, -0.1) is 0 Å². The molecule has 1 aromatic carbocycles. The fraction of sp³-hybridized carbons (Fsp3) is 0.476. The Hall–Kier alpha value is -2.87. The van der Waals surface area contributed by atoms with E-state index in [9.17, 15) is 14.4 Å². The highest BCUT2D eigenvalue weighted by Gasteiger charge is 2.40. The molecular weight excluding hydrogens is 378 g/mol. The molecule has 8 heteroatoms. The fourth-order valence-corrected chi connectivity index (χ4v) is 3.25. The molecule has 8 nitrogen and oxygen atoms in total. The van der Waals surface area contributed by atoms with Gasteiger partial charge >= 0.3 is 11.9 Å². The third kappa shape index (κ3) is 5.14. The smallest absolute Gasteiger partial charge is 0.320 e. The average Bonchev–Trinajstić information content (AvgIpc) is 2.70. The van der Waals surface area contributed by atoms with Crippen LogP contribution in [-0.4, -0.2) is 49.8 Å². The summed E-state index contributed by atoms with van der Waals surface area (Å²) in [5.41, 5.74) is 1.37. The van der Waals surface area contributed by atoms with Crippen LogP contribution in [0.15, 0.2) is 30.0 Å². The first-order valence-corrected chi connectivity index (χ1v) is 9.15. The van der Waals surface area contributed by atoms with E-state index >= 15 is 0 Å². The van der Waals surface area contributed by atoms with E-state index in [1.165, 1.54) is 21.1 Å². The maximum atomic E-state index is 12.3. The Balaban J connectivity index is 2.62. The lowest BCUT2D eigenvalue weighted by molar-refractivity contribution is -0.221. The second-order valence-corrected chi connectivity index (χ2v) is 7.30.